The fourth-order valence-electron chi connectivity index (χ4n) is 2.82. The molecule has 1 atom stereocenters. The molecule has 2 nitrogen and oxygen atoms in total. The van der Waals surface area contributed by atoms with E-state index in [0.29, 0.717) is 0 Å². The van der Waals surface area contributed by atoms with Crippen molar-refractivity contribution in [1.82, 2.24) is 5.32 Å². The van der Waals surface area contributed by atoms with E-state index >= 15 is 0 Å². The second-order valence-corrected chi connectivity index (χ2v) is 5.60. The molecular formula is C18H25NO. The molecule has 1 aromatic heterocycles. The van der Waals surface area contributed by atoms with Gasteiger partial charge in [0, 0.05) is 0 Å². The van der Waals surface area contributed by atoms with Crippen molar-refractivity contribution in [3.05, 3.63) is 58.5 Å². The molecule has 1 N–H and O–H groups in total. The lowest BCUT2D eigenvalue weighted by Crippen LogP contribution is -2.24. The van der Waals surface area contributed by atoms with Gasteiger partial charge in [-0.05, 0) is 69.0 Å². The number of nitrogens with one attached hydrogen (secondary N) is 1. The molecule has 1 unspecified atom stereocenters. The monoisotopic (exact) mass is 271 g/mol. The smallest absolute Gasteiger partial charge is 0.121 e. The Morgan fingerprint density at radius 1 is 1.15 bits per heavy atom. The van der Waals surface area contributed by atoms with Crippen molar-refractivity contribution in [2.24, 2.45) is 0 Å². The van der Waals surface area contributed by atoms with Gasteiger partial charge in [0.1, 0.15) is 5.76 Å². The van der Waals surface area contributed by atoms with Gasteiger partial charge in [-0.1, -0.05) is 24.6 Å². The van der Waals surface area contributed by atoms with Crippen LogP contribution in [0.5, 0.6) is 0 Å². The molecule has 0 saturated carbocycles. The van der Waals surface area contributed by atoms with E-state index in [9.17, 15) is 0 Å². The molecule has 0 aliphatic rings. The Hall–Kier alpha value is -1.54. The lowest BCUT2D eigenvalue weighted by atomic mass is 9.93. The van der Waals surface area contributed by atoms with Crippen LogP contribution in [0.4, 0.5) is 0 Å². The summed E-state index contributed by atoms with van der Waals surface area (Å²) in [7, 11) is 0. The zero-order chi connectivity index (χ0) is 14.5. The number of rotatable bonds is 6. The van der Waals surface area contributed by atoms with E-state index in [0.717, 1.165) is 25.1 Å². The molecule has 0 fully saturated rings. The van der Waals surface area contributed by atoms with Gasteiger partial charge < -0.3 is 9.73 Å². The average Bonchev–Trinajstić information content (AvgIpc) is 2.91. The van der Waals surface area contributed by atoms with Crippen molar-refractivity contribution in [1.29, 1.82) is 0 Å². The SMILES string of the molecule is CCCNC(Cc1c(C)cc(C)cc1C)c1ccco1. The Bertz CT molecular complexity index is 520. The molecule has 0 spiro atoms. The van der Waals surface area contributed by atoms with Crippen LogP contribution in [-0.4, -0.2) is 6.54 Å². The van der Waals surface area contributed by atoms with E-state index in [1.807, 2.05) is 6.07 Å². The van der Waals surface area contributed by atoms with E-state index in [-0.39, 0.29) is 6.04 Å². The normalized spacial score (nSPS) is 12.6. The lowest BCUT2D eigenvalue weighted by molar-refractivity contribution is 0.410. The van der Waals surface area contributed by atoms with Crippen LogP contribution in [0, 0.1) is 20.8 Å². The molecule has 1 heterocycles. The van der Waals surface area contributed by atoms with Gasteiger partial charge in [0.25, 0.3) is 0 Å². The van der Waals surface area contributed by atoms with Gasteiger partial charge in [-0.25, -0.2) is 0 Å². The highest BCUT2D eigenvalue weighted by atomic mass is 16.3. The van der Waals surface area contributed by atoms with Crippen LogP contribution >= 0.6 is 0 Å². The number of aryl methyl sites for hydroxylation is 3. The van der Waals surface area contributed by atoms with Crippen molar-refractivity contribution in [3.8, 4) is 0 Å². The van der Waals surface area contributed by atoms with E-state index in [2.05, 4.69) is 51.2 Å². The molecule has 0 saturated heterocycles. The zero-order valence-corrected chi connectivity index (χ0v) is 13.0. The van der Waals surface area contributed by atoms with Gasteiger partial charge in [-0.15, -0.1) is 0 Å². The summed E-state index contributed by atoms with van der Waals surface area (Å²) in [5.41, 5.74) is 5.51. The molecule has 0 radical (unpaired) electrons. The van der Waals surface area contributed by atoms with E-state index in [4.69, 9.17) is 4.42 Å². The zero-order valence-electron chi connectivity index (χ0n) is 13.0. The molecular weight excluding hydrogens is 246 g/mol. The maximum atomic E-state index is 5.61. The third kappa shape index (κ3) is 3.51. The number of hydrogen-bond donors (Lipinski definition) is 1. The topological polar surface area (TPSA) is 25.2 Å². The lowest BCUT2D eigenvalue weighted by Gasteiger charge is -2.19. The third-order valence-electron chi connectivity index (χ3n) is 3.78. The van der Waals surface area contributed by atoms with Crippen molar-refractivity contribution in [2.45, 2.75) is 46.6 Å². The minimum Gasteiger partial charge on any atom is -0.468 e. The summed E-state index contributed by atoms with van der Waals surface area (Å²) in [5.74, 6) is 1.03. The molecule has 20 heavy (non-hydrogen) atoms. The number of hydrogen-bond acceptors (Lipinski definition) is 2. The van der Waals surface area contributed by atoms with E-state index in [1.165, 1.54) is 22.3 Å². The summed E-state index contributed by atoms with van der Waals surface area (Å²) in [6.45, 7) is 9.76. The first-order valence-electron chi connectivity index (χ1n) is 7.45. The second kappa shape index (κ2) is 6.76. The quantitative estimate of drug-likeness (QED) is 0.837. The maximum absolute atomic E-state index is 5.61. The fraction of sp³-hybridized carbons (Fsp3) is 0.444. The molecule has 2 rings (SSSR count). The molecule has 0 amide bonds. The summed E-state index contributed by atoms with van der Waals surface area (Å²) < 4.78 is 5.61. The Morgan fingerprint density at radius 3 is 2.40 bits per heavy atom. The van der Waals surface area contributed by atoms with Gasteiger partial charge in [0.15, 0.2) is 0 Å². The van der Waals surface area contributed by atoms with Gasteiger partial charge in [0.2, 0.25) is 0 Å². The Morgan fingerprint density at radius 2 is 1.85 bits per heavy atom. The summed E-state index contributed by atoms with van der Waals surface area (Å²) in [4.78, 5) is 0. The largest absolute Gasteiger partial charge is 0.468 e. The van der Waals surface area contributed by atoms with Crippen molar-refractivity contribution in [2.75, 3.05) is 6.54 Å². The second-order valence-electron chi connectivity index (χ2n) is 5.60. The molecule has 0 aliphatic carbocycles. The Balaban J connectivity index is 2.24. The average molecular weight is 271 g/mol. The number of benzene rings is 1. The van der Waals surface area contributed by atoms with Crippen LogP contribution in [0.15, 0.2) is 34.9 Å². The van der Waals surface area contributed by atoms with Crippen LogP contribution in [0.3, 0.4) is 0 Å². The van der Waals surface area contributed by atoms with Gasteiger partial charge >= 0.3 is 0 Å². The van der Waals surface area contributed by atoms with Gasteiger partial charge in [-0.3, -0.25) is 0 Å². The van der Waals surface area contributed by atoms with E-state index < -0.39 is 0 Å². The number of furan rings is 1. The van der Waals surface area contributed by atoms with Crippen LogP contribution < -0.4 is 5.32 Å². The minimum atomic E-state index is 0.255. The van der Waals surface area contributed by atoms with Crippen molar-refractivity contribution >= 4 is 0 Å². The van der Waals surface area contributed by atoms with Gasteiger partial charge in [0.05, 0.1) is 12.3 Å². The highest BCUT2D eigenvalue weighted by Gasteiger charge is 2.16. The van der Waals surface area contributed by atoms with Crippen LogP contribution in [-0.2, 0) is 6.42 Å². The summed E-state index contributed by atoms with van der Waals surface area (Å²) in [5, 5.41) is 3.60. The molecule has 108 valence electrons. The molecule has 0 bridgehead atoms. The molecule has 2 heteroatoms. The van der Waals surface area contributed by atoms with Crippen molar-refractivity contribution < 1.29 is 4.42 Å². The Labute approximate surface area is 122 Å². The first kappa shape index (κ1) is 14.9. The molecule has 0 aliphatic heterocycles. The fourth-order valence-corrected chi connectivity index (χ4v) is 2.82. The third-order valence-corrected chi connectivity index (χ3v) is 3.78. The predicted molar refractivity (Wildman–Crippen MR) is 84.1 cm³/mol. The highest BCUT2D eigenvalue weighted by molar-refractivity contribution is 5.38. The Kier molecular flexibility index (Phi) is 5.02. The predicted octanol–water partition coefficient (Wildman–Crippen LogP) is 4.49. The maximum Gasteiger partial charge on any atom is 0.121 e. The van der Waals surface area contributed by atoms with Crippen LogP contribution in [0.25, 0.3) is 0 Å². The minimum absolute atomic E-state index is 0.255. The first-order valence-corrected chi connectivity index (χ1v) is 7.45. The standard InChI is InChI=1S/C18H25NO/c1-5-8-19-17(18-7-6-9-20-18)12-16-14(3)10-13(2)11-15(16)4/h6-7,9-11,17,19H,5,8,12H2,1-4H3. The summed E-state index contributed by atoms with van der Waals surface area (Å²) in [6, 6.07) is 8.81. The van der Waals surface area contributed by atoms with Crippen LogP contribution in [0.2, 0.25) is 0 Å². The molecule has 2 aromatic rings. The van der Waals surface area contributed by atoms with Crippen molar-refractivity contribution in [3.63, 3.8) is 0 Å². The van der Waals surface area contributed by atoms with Crippen LogP contribution in [0.1, 0.15) is 47.4 Å². The van der Waals surface area contributed by atoms with E-state index in [1.54, 1.807) is 6.26 Å². The summed E-state index contributed by atoms with van der Waals surface area (Å²) >= 11 is 0. The molecule has 1 aromatic carbocycles. The highest BCUT2D eigenvalue weighted by Crippen LogP contribution is 2.24. The first-order chi connectivity index (χ1) is 9.61. The summed E-state index contributed by atoms with van der Waals surface area (Å²) in [6.07, 6.45) is 3.86. The van der Waals surface area contributed by atoms with Gasteiger partial charge in [-0.2, -0.15) is 0 Å².